The molecule has 6 nitrogen and oxygen atoms in total. The van der Waals surface area contributed by atoms with E-state index in [0.29, 0.717) is 29.7 Å². The fraction of sp³-hybridized carbons (Fsp3) is 0.250. The molecule has 0 spiro atoms. The van der Waals surface area contributed by atoms with Gasteiger partial charge in [0.05, 0.1) is 29.5 Å². The molecule has 0 saturated carbocycles. The predicted molar refractivity (Wildman–Crippen MR) is 67.1 cm³/mol. The highest BCUT2D eigenvalue weighted by atomic mass is 16.4. The Hall–Kier alpha value is -2.55. The summed E-state index contributed by atoms with van der Waals surface area (Å²) in [6.07, 6.45) is 7.24. The number of carbonyl (C=O) groups is 1. The van der Waals surface area contributed by atoms with E-state index in [0.717, 1.165) is 0 Å². The van der Waals surface area contributed by atoms with Crippen molar-refractivity contribution in [3.63, 3.8) is 0 Å². The molecule has 0 unspecified atom stereocenters. The molecule has 0 aliphatic rings. The highest BCUT2D eigenvalue weighted by Gasteiger charge is 2.18. The van der Waals surface area contributed by atoms with Gasteiger partial charge < -0.3 is 10.8 Å². The maximum Gasteiger partial charge on any atom is 0.339 e. The van der Waals surface area contributed by atoms with E-state index in [2.05, 4.69) is 16.0 Å². The summed E-state index contributed by atoms with van der Waals surface area (Å²) in [7, 11) is 0. The molecule has 0 saturated heterocycles. The molecule has 2 heterocycles. The number of anilines is 1. The van der Waals surface area contributed by atoms with Gasteiger partial charge in [-0.15, -0.1) is 12.3 Å². The molecule has 0 fully saturated rings. The van der Waals surface area contributed by atoms with Crippen molar-refractivity contribution >= 4 is 22.7 Å². The lowest BCUT2D eigenvalue weighted by Crippen LogP contribution is -2.09. The van der Waals surface area contributed by atoms with Crippen LogP contribution in [0, 0.1) is 19.3 Å². The monoisotopic (exact) mass is 244 g/mol. The number of carboxylic acid groups (broad SMARTS) is 1. The zero-order valence-corrected chi connectivity index (χ0v) is 9.84. The van der Waals surface area contributed by atoms with Gasteiger partial charge in [-0.1, -0.05) is 0 Å². The van der Waals surface area contributed by atoms with Crippen LogP contribution >= 0.6 is 0 Å². The van der Waals surface area contributed by atoms with E-state index in [1.807, 2.05) is 0 Å². The van der Waals surface area contributed by atoms with Crippen LogP contribution in [0.5, 0.6) is 0 Å². The Morgan fingerprint density at radius 3 is 3.00 bits per heavy atom. The average Bonchev–Trinajstić information content (AvgIpc) is 2.69. The van der Waals surface area contributed by atoms with Crippen molar-refractivity contribution in [3.05, 3.63) is 17.5 Å². The van der Waals surface area contributed by atoms with Crippen molar-refractivity contribution in [2.24, 2.45) is 0 Å². The number of nitrogens with two attached hydrogens (primary N) is 1. The maximum atomic E-state index is 11.1. The minimum absolute atomic E-state index is 0.0269. The van der Waals surface area contributed by atoms with Crippen molar-refractivity contribution in [2.45, 2.75) is 19.9 Å². The first kappa shape index (κ1) is 11.9. The molecule has 0 aliphatic carbocycles. The van der Waals surface area contributed by atoms with Crippen LogP contribution in [-0.2, 0) is 6.54 Å². The predicted octanol–water partition coefficient (Wildman–Crippen LogP) is 1.04. The summed E-state index contributed by atoms with van der Waals surface area (Å²) >= 11 is 0. The summed E-state index contributed by atoms with van der Waals surface area (Å²) in [6, 6.07) is 0. The number of aromatic carboxylic acids is 1. The summed E-state index contributed by atoms with van der Waals surface area (Å²) in [5, 5.41) is 13.7. The molecule has 6 heteroatoms. The summed E-state index contributed by atoms with van der Waals surface area (Å²) < 4.78 is 1.63. The molecule has 92 valence electrons. The number of rotatable bonds is 3. The van der Waals surface area contributed by atoms with E-state index in [1.165, 1.54) is 6.20 Å². The van der Waals surface area contributed by atoms with E-state index < -0.39 is 5.97 Å². The van der Waals surface area contributed by atoms with Crippen LogP contribution in [0.15, 0.2) is 6.20 Å². The molecule has 3 N–H and O–H groups in total. The Bertz CT molecular complexity index is 667. The smallest absolute Gasteiger partial charge is 0.339 e. The number of carboxylic acids is 1. The number of nitrogen functional groups attached to an aromatic ring is 1. The van der Waals surface area contributed by atoms with Crippen molar-refractivity contribution in [3.8, 4) is 12.3 Å². The van der Waals surface area contributed by atoms with E-state index in [1.54, 1.807) is 11.6 Å². The highest BCUT2D eigenvalue weighted by molar-refractivity contribution is 6.03. The van der Waals surface area contributed by atoms with Gasteiger partial charge in [-0.25, -0.2) is 14.5 Å². The van der Waals surface area contributed by atoms with Crippen LogP contribution in [0.2, 0.25) is 0 Å². The van der Waals surface area contributed by atoms with Gasteiger partial charge in [-0.05, 0) is 6.92 Å². The van der Waals surface area contributed by atoms with Gasteiger partial charge in [0.25, 0.3) is 0 Å². The molecular weight excluding hydrogens is 232 g/mol. The normalized spacial score (nSPS) is 10.4. The Morgan fingerprint density at radius 2 is 2.39 bits per heavy atom. The Labute approximate surface area is 103 Å². The van der Waals surface area contributed by atoms with Crippen LogP contribution in [0.4, 0.5) is 5.69 Å². The maximum absolute atomic E-state index is 11.1. The van der Waals surface area contributed by atoms with Gasteiger partial charge in [-0.3, -0.25) is 0 Å². The molecule has 0 bridgehead atoms. The second kappa shape index (κ2) is 4.37. The Balaban J connectivity index is 2.65. The number of hydrogen-bond acceptors (Lipinski definition) is 4. The number of fused-ring (bicyclic) bond motifs is 1. The van der Waals surface area contributed by atoms with Gasteiger partial charge in [0.2, 0.25) is 0 Å². The van der Waals surface area contributed by atoms with Crippen molar-refractivity contribution in [1.29, 1.82) is 0 Å². The topological polar surface area (TPSA) is 94.0 Å². The van der Waals surface area contributed by atoms with Crippen molar-refractivity contribution in [2.75, 3.05) is 5.73 Å². The largest absolute Gasteiger partial charge is 0.478 e. The molecular formula is C12H12N4O2. The standard InChI is InChI=1S/C12H12N4O2/c1-3-4-5-16-11-8(6-14-16)10(13)9(12(17)18)7(2)15-11/h1,6H,4-5H2,2H3,(H2,13,15)(H,17,18). The first-order valence-electron chi connectivity index (χ1n) is 5.34. The Morgan fingerprint density at radius 1 is 1.67 bits per heavy atom. The van der Waals surface area contributed by atoms with Gasteiger partial charge in [0.1, 0.15) is 5.56 Å². The SMILES string of the molecule is C#CCCn1ncc2c(N)c(C(=O)O)c(C)nc21. The third-order valence-corrected chi connectivity index (χ3v) is 2.69. The summed E-state index contributed by atoms with van der Waals surface area (Å²) in [6.45, 7) is 2.13. The Kier molecular flexibility index (Phi) is 2.90. The van der Waals surface area contributed by atoms with Crippen LogP contribution in [0.1, 0.15) is 22.5 Å². The zero-order chi connectivity index (χ0) is 13.3. The third-order valence-electron chi connectivity index (χ3n) is 2.69. The van der Waals surface area contributed by atoms with E-state index in [9.17, 15) is 4.79 Å². The van der Waals surface area contributed by atoms with E-state index in [-0.39, 0.29) is 11.3 Å². The molecule has 2 rings (SSSR count). The number of terminal acetylenes is 1. The molecule has 0 atom stereocenters. The number of aromatic nitrogens is 3. The first-order valence-corrected chi connectivity index (χ1v) is 5.34. The van der Waals surface area contributed by atoms with Crippen LogP contribution < -0.4 is 5.73 Å². The zero-order valence-electron chi connectivity index (χ0n) is 9.84. The lowest BCUT2D eigenvalue weighted by Gasteiger charge is -2.06. The summed E-state index contributed by atoms with van der Waals surface area (Å²) in [4.78, 5) is 15.3. The van der Waals surface area contributed by atoms with Gasteiger partial charge >= 0.3 is 5.97 Å². The molecule has 2 aromatic heterocycles. The average molecular weight is 244 g/mol. The second-order valence-corrected chi connectivity index (χ2v) is 3.85. The van der Waals surface area contributed by atoms with E-state index in [4.69, 9.17) is 17.3 Å². The number of nitrogens with zero attached hydrogens (tertiary/aromatic N) is 3. The van der Waals surface area contributed by atoms with Crippen LogP contribution in [0.3, 0.4) is 0 Å². The second-order valence-electron chi connectivity index (χ2n) is 3.85. The highest BCUT2D eigenvalue weighted by Crippen LogP contribution is 2.25. The summed E-state index contributed by atoms with van der Waals surface area (Å²) in [5.41, 5.74) is 7.00. The lowest BCUT2D eigenvalue weighted by molar-refractivity contribution is 0.0697. The fourth-order valence-corrected chi connectivity index (χ4v) is 1.84. The summed E-state index contributed by atoms with van der Waals surface area (Å²) in [5.74, 6) is 1.43. The minimum Gasteiger partial charge on any atom is -0.478 e. The molecule has 0 amide bonds. The van der Waals surface area contributed by atoms with E-state index >= 15 is 0 Å². The fourth-order valence-electron chi connectivity index (χ4n) is 1.84. The van der Waals surface area contributed by atoms with Crippen molar-refractivity contribution < 1.29 is 9.90 Å². The van der Waals surface area contributed by atoms with Crippen molar-refractivity contribution in [1.82, 2.24) is 14.8 Å². The molecule has 0 radical (unpaired) electrons. The lowest BCUT2D eigenvalue weighted by atomic mass is 10.1. The number of hydrogen-bond donors (Lipinski definition) is 2. The molecule has 0 aromatic carbocycles. The number of pyridine rings is 1. The third kappa shape index (κ3) is 1.76. The molecule has 0 aliphatic heterocycles. The number of aryl methyl sites for hydroxylation is 2. The van der Waals surface area contributed by atoms with Gasteiger partial charge in [0.15, 0.2) is 5.65 Å². The molecule has 2 aromatic rings. The van der Waals surface area contributed by atoms with Gasteiger partial charge in [0, 0.05) is 6.42 Å². The quantitative estimate of drug-likeness (QED) is 0.787. The van der Waals surface area contributed by atoms with Gasteiger partial charge in [-0.2, -0.15) is 5.10 Å². The van der Waals surface area contributed by atoms with Crippen LogP contribution in [-0.4, -0.2) is 25.8 Å². The first-order chi connectivity index (χ1) is 8.56. The molecule has 18 heavy (non-hydrogen) atoms. The minimum atomic E-state index is -1.09. The van der Waals surface area contributed by atoms with Crippen LogP contribution in [0.25, 0.3) is 11.0 Å².